The molecule has 0 bridgehead atoms. The van der Waals surface area contributed by atoms with E-state index in [9.17, 15) is 29.1 Å². The number of phenolic OH excluding ortho intramolecular Hbond substituents is 1. The molecule has 0 spiro atoms. The van der Waals surface area contributed by atoms with E-state index in [1.54, 1.807) is 68.4 Å². The summed E-state index contributed by atoms with van der Waals surface area (Å²) in [5.41, 5.74) is -2.57. The predicted molar refractivity (Wildman–Crippen MR) is 182 cm³/mol. The Labute approximate surface area is 290 Å². The van der Waals surface area contributed by atoms with Crippen molar-refractivity contribution < 1.29 is 42.9 Å². The molecule has 16 nitrogen and oxygen atoms in total. The number of fused-ring (bicyclic) bond motifs is 1. The minimum absolute atomic E-state index is 0.0499. The van der Waals surface area contributed by atoms with Gasteiger partial charge in [0.1, 0.15) is 40.2 Å². The third-order valence-electron chi connectivity index (χ3n) is 6.51. The summed E-state index contributed by atoms with van der Waals surface area (Å²) in [5.74, 6) is -1.20. The average molecular weight is 701 g/mol. The molecule has 2 atom stereocenters. The van der Waals surface area contributed by atoms with Crippen LogP contribution >= 0.6 is 0 Å². The number of nitrogens with zero attached hydrogens (tertiary/aromatic N) is 3. The third-order valence-corrected chi connectivity index (χ3v) is 6.51. The van der Waals surface area contributed by atoms with Crippen LogP contribution in [0.25, 0.3) is 16.7 Å². The summed E-state index contributed by atoms with van der Waals surface area (Å²) >= 11 is 0. The predicted octanol–water partition coefficient (Wildman–Crippen LogP) is 4.04. The lowest BCUT2D eigenvalue weighted by Gasteiger charge is -2.26. The van der Waals surface area contributed by atoms with Gasteiger partial charge in [-0.05, 0) is 99.8 Å². The van der Waals surface area contributed by atoms with E-state index in [1.807, 2.05) is 0 Å². The summed E-state index contributed by atoms with van der Waals surface area (Å²) < 4.78 is 22.6. The molecule has 0 unspecified atom stereocenters. The minimum atomic E-state index is -1.13. The number of carbonyl (C=O) groups is 4. The number of esters is 1. The summed E-state index contributed by atoms with van der Waals surface area (Å²) in [6, 6.07) is 3.77. The van der Waals surface area contributed by atoms with Crippen LogP contribution in [-0.4, -0.2) is 79.6 Å². The van der Waals surface area contributed by atoms with Crippen LogP contribution in [0.2, 0.25) is 0 Å². The zero-order valence-electron chi connectivity index (χ0n) is 30.0. The molecule has 16 heteroatoms. The monoisotopic (exact) mass is 700 g/mol. The van der Waals surface area contributed by atoms with Crippen LogP contribution in [0.4, 0.5) is 9.59 Å². The first-order valence-electron chi connectivity index (χ1n) is 16.3. The first-order chi connectivity index (χ1) is 23.1. The molecule has 2 heterocycles. The SMILES string of the molecule is CC(C)(C)OC(=O)N[C@@H](CCCCNC(=O)[C@@H](Cc1cn(-c2cc3ccc(O)cc3oc2=O)nn1)NC(=O)OC(C)(C)C)C(=O)OC(C)(C)C. The molecule has 3 amide bonds. The van der Waals surface area contributed by atoms with Gasteiger partial charge in [-0.25, -0.2) is 23.9 Å². The van der Waals surface area contributed by atoms with Crippen molar-refractivity contribution in [2.75, 3.05) is 6.54 Å². The topological polar surface area (TPSA) is 213 Å². The molecular weight excluding hydrogens is 652 g/mol. The summed E-state index contributed by atoms with van der Waals surface area (Å²) in [6.07, 6.45) is 0.825. The molecule has 0 aliphatic carbocycles. The zero-order valence-corrected chi connectivity index (χ0v) is 30.0. The highest BCUT2D eigenvalue weighted by atomic mass is 16.6. The summed E-state index contributed by atoms with van der Waals surface area (Å²) in [6.45, 7) is 15.5. The standard InChI is InChI=1S/C34H48N6O10/c1-32(2,3)48-28(43)23(36-30(45)49-33(4,5)6)12-10-11-15-35-27(42)24(37-31(46)50-34(7,8)9)17-21-19-40(39-38-21)25-16-20-13-14-22(41)18-26(20)47-29(25)44/h13-14,16,18-19,23-24,41H,10-12,15,17H2,1-9H3,(H,35,42)(H,36,45)(H,37,46)/t23-,24+/m0/s1. The van der Waals surface area contributed by atoms with E-state index in [2.05, 4.69) is 26.3 Å². The molecule has 0 saturated heterocycles. The number of alkyl carbamates (subject to hydrolysis) is 2. The van der Waals surface area contributed by atoms with Crippen LogP contribution in [0.15, 0.2) is 39.7 Å². The van der Waals surface area contributed by atoms with Crippen LogP contribution < -0.4 is 21.6 Å². The molecule has 4 N–H and O–H groups in total. The molecule has 3 aromatic rings. The number of unbranched alkanes of at least 4 members (excludes halogenated alkanes) is 1. The van der Waals surface area contributed by atoms with Gasteiger partial charge in [-0.3, -0.25) is 4.79 Å². The smallest absolute Gasteiger partial charge is 0.408 e. The summed E-state index contributed by atoms with van der Waals surface area (Å²) in [7, 11) is 0. The molecule has 3 rings (SSSR count). The Morgan fingerprint density at radius 3 is 2.06 bits per heavy atom. The van der Waals surface area contributed by atoms with E-state index in [0.29, 0.717) is 18.2 Å². The van der Waals surface area contributed by atoms with Gasteiger partial charge >= 0.3 is 23.8 Å². The molecule has 0 radical (unpaired) electrons. The van der Waals surface area contributed by atoms with Crippen LogP contribution in [0.1, 0.15) is 87.3 Å². The molecule has 274 valence electrons. The number of hydrogen-bond acceptors (Lipinski definition) is 12. The fraction of sp³-hybridized carbons (Fsp3) is 0.559. The van der Waals surface area contributed by atoms with Crippen LogP contribution in [0, 0.1) is 0 Å². The van der Waals surface area contributed by atoms with Gasteiger partial charge in [-0.15, -0.1) is 5.10 Å². The lowest BCUT2D eigenvalue weighted by molar-refractivity contribution is -0.157. The van der Waals surface area contributed by atoms with Crippen molar-refractivity contribution in [1.29, 1.82) is 0 Å². The van der Waals surface area contributed by atoms with Gasteiger partial charge < -0.3 is 39.7 Å². The first-order valence-corrected chi connectivity index (χ1v) is 16.3. The van der Waals surface area contributed by atoms with Crippen molar-refractivity contribution >= 4 is 35.0 Å². The number of phenols is 1. The normalized spacial score (nSPS) is 13.2. The number of aromatic nitrogens is 3. The second-order valence-corrected chi connectivity index (χ2v) is 14.7. The van der Waals surface area contributed by atoms with Crippen LogP contribution in [-0.2, 0) is 30.2 Å². The number of nitrogens with one attached hydrogen (secondary N) is 3. The maximum atomic E-state index is 13.3. The molecular formula is C34H48N6O10. The molecule has 0 fully saturated rings. The lowest BCUT2D eigenvalue weighted by Crippen LogP contribution is -2.49. The van der Waals surface area contributed by atoms with Gasteiger partial charge in [0.05, 0.1) is 11.9 Å². The number of ether oxygens (including phenoxy) is 3. The number of rotatable bonds is 12. The third kappa shape index (κ3) is 13.0. The zero-order chi connectivity index (χ0) is 37.4. The van der Waals surface area contributed by atoms with Crippen molar-refractivity contribution in [3.8, 4) is 11.4 Å². The molecule has 50 heavy (non-hydrogen) atoms. The Hall–Kier alpha value is -5.15. The number of aromatic hydroxyl groups is 1. The molecule has 0 aliphatic heterocycles. The number of benzene rings is 1. The highest BCUT2D eigenvalue weighted by Gasteiger charge is 2.29. The van der Waals surface area contributed by atoms with E-state index >= 15 is 0 Å². The van der Waals surface area contributed by atoms with Crippen molar-refractivity contribution in [2.45, 2.75) is 117 Å². The fourth-order valence-corrected chi connectivity index (χ4v) is 4.51. The van der Waals surface area contributed by atoms with Gasteiger partial charge in [0.15, 0.2) is 5.69 Å². The van der Waals surface area contributed by atoms with Crippen molar-refractivity contribution in [3.63, 3.8) is 0 Å². The van der Waals surface area contributed by atoms with E-state index in [4.69, 9.17) is 18.6 Å². The van der Waals surface area contributed by atoms with Gasteiger partial charge in [0, 0.05) is 24.4 Å². The second-order valence-electron chi connectivity index (χ2n) is 14.7. The molecule has 0 aliphatic rings. The van der Waals surface area contributed by atoms with E-state index in [0.717, 1.165) is 0 Å². The Morgan fingerprint density at radius 2 is 1.46 bits per heavy atom. The van der Waals surface area contributed by atoms with Gasteiger partial charge in [-0.2, -0.15) is 0 Å². The highest BCUT2D eigenvalue weighted by molar-refractivity contribution is 5.86. The largest absolute Gasteiger partial charge is 0.508 e. The minimum Gasteiger partial charge on any atom is -0.508 e. The Balaban J connectivity index is 1.67. The maximum Gasteiger partial charge on any atom is 0.408 e. The van der Waals surface area contributed by atoms with Crippen molar-refractivity contribution in [2.24, 2.45) is 0 Å². The molecule has 1 aromatic carbocycles. The Bertz CT molecular complexity index is 1730. The maximum absolute atomic E-state index is 13.3. The van der Waals surface area contributed by atoms with E-state index < -0.39 is 58.6 Å². The summed E-state index contributed by atoms with van der Waals surface area (Å²) in [4.78, 5) is 63.9. The number of hydrogen-bond donors (Lipinski definition) is 4. The van der Waals surface area contributed by atoms with Crippen LogP contribution in [0.3, 0.4) is 0 Å². The second kappa shape index (κ2) is 16.0. The van der Waals surface area contributed by atoms with E-state index in [-0.39, 0.29) is 42.1 Å². The summed E-state index contributed by atoms with van der Waals surface area (Å²) in [5, 5.41) is 26.2. The van der Waals surface area contributed by atoms with Crippen molar-refractivity contribution in [1.82, 2.24) is 30.9 Å². The lowest BCUT2D eigenvalue weighted by atomic mass is 10.1. The van der Waals surface area contributed by atoms with Crippen molar-refractivity contribution in [3.05, 3.63) is 46.6 Å². The fourth-order valence-electron chi connectivity index (χ4n) is 4.51. The first kappa shape index (κ1) is 39.3. The Morgan fingerprint density at radius 1 is 0.860 bits per heavy atom. The van der Waals surface area contributed by atoms with Gasteiger partial charge in [-0.1, -0.05) is 5.21 Å². The Kier molecular flexibility index (Phi) is 12.6. The molecule has 2 aromatic heterocycles. The van der Waals surface area contributed by atoms with Gasteiger partial charge in [0.2, 0.25) is 5.91 Å². The highest BCUT2D eigenvalue weighted by Crippen LogP contribution is 2.20. The van der Waals surface area contributed by atoms with Gasteiger partial charge in [0.25, 0.3) is 0 Å². The van der Waals surface area contributed by atoms with Crippen LogP contribution in [0.5, 0.6) is 5.75 Å². The molecule has 0 saturated carbocycles. The number of amides is 3. The average Bonchev–Trinajstić information content (AvgIpc) is 3.40. The van der Waals surface area contributed by atoms with E-state index in [1.165, 1.54) is 29.1 Å². The quantitative estimate of drug-likeness (QED) is 0.0912. The number of carbonyl (C=O) groups excluding carboxylic acids is 4.